The highest BCUT2D eigenvalue weighted by Gasteiger charge is 2.85. The van der Waals surface area contributed by atoms with Gasteiger partial charge in [0.15, 0.2) is 6.17 Å². The van der Waals surface area contributed by atoms with Crippen molar-refractivity contribution < 1.29 is 66.0 Å². The lowest BCUT2D eigenvalue weighted by Crippen LogP contribution is -2.69. The molecule has 16 heteroatoms. The van der Waals surface area contributed by atoms with E-state index >= 15 is 0 Å². The van der Waals surface area contributed by atoms with E-state index in [4.69, 9.17) is 0 Å². The van der Waals surface area contributed by atoms with Gasteiger partial charge in [-0.05, 0) is 6.42 Å². The Labute approximate surface area is 158 Å². The molecule has 0 heterocycles. The second-order valence-electron chi connectivity index (χ2n) is 5.76. The highest BCUT2D eigenvalue weighted by molar-refractivity contribution is 6.62. The first-order valence-corrected chi connectivity index (χ1v) is 9.42. The second-order valence-corrected chi connectivity index (χ2v) is 8.94. The maximum Gasteiger partial charge on any atom is 0.506 e. The summed E-state index contributed by atoms with van der Waals surface area (Å²) in [6.07, 6.45) is -15.3. The Morgan fingerprint density at radius 3 is 1.21 bits per heavy atom. The molecule has 0 aromatic rings. The molecule has 0 radical (unpaired) electrons. The van der Waals surface area contributed by atoms with E-state index in [1.54, 1.807) is 0 Å². The van der Waals surface area contributed by atoms with Gasteiger partial charge >= 0.3 is 32.5 Å². The van der Waals surface area contributed by atoms with Gasteiger partial charge in [-0.25, -0.2) is 17.6 Å². The van der Waals surface area contributed by atoms with E-state index in [2.05, 4.69) is 13.3 Å². The highest BCUT2D eigenvalue weighted by Crippen LogP contribution is 2.58. The summed E-state index contributed by atoms with van der Waals surface area (Å²) in [6, 6.07) is 0. The molecule has 3 unspecified atom stereocenters. The fourth-order valence-electron chi connectivity index (χ4n) is 2.52. The average molecular weight is 478 g/mol. The first kappa shape index (κ1) is 28.3. The summed E-state index contributed by atoms with van der Waals surface area (Å²) in [5, 5.41) is 0. The van der Waals surface area contributed by atoms with Crippen LogP contribution in [0.4, 0.5) is 52.7 Å². The third-order valence-corrected chi connectivity index (χ3v) is 7.56. The van der Waals surface area contributed by atoms with Crippen LogP contribution < -0.4 is 0 Å². The van der Waals surface area contributed by atoms with E-state index in [0.717, 1.165) is 28.3 Å². The molecule has 0 aromatic carbocycles. The molecule has 3 atom stereocenters. The Bertz CT molecular complexity index is 521. The number of hydrogen-bond acceptors (Lipinski definition) is 3. The number of hydrogen-bond donors (Lipinski definition) is 0. The third kappa shape index (κ3) is 4.35. The van der Waals surface area contributed by atoms with Crippen LogP contribution in [-0.2, 0) is 13.3 Å². The predicted octanol–water partition coefficient (Wildman–Crippen LogP) is 5.13. The van der Waals surface area contributed by atoms with Crippen LogP contribution in [0.25, 0.3) is 0 Å². The molecule has 0 aliphatic carbocycles. The summed E-state index contributed by atoms with van der Waals surface area (Å²) in [5.41, 5.74) is -2.47. The van der Waals surface area contributed by atoms with Crippen LogP contribution in [0.2, 0.25) is 5.54 Å². The lowest BCUT2D eigenvalue weighted by atomic mass is 9.92. The van der Waals surface area contributed by atoms with Gasteiger partial charge in [0.25, 0.3) is 6.43 Å². The summed E-state index contributed by atoms with van der Waals surface area (Å²) in [5.74, 6) is -28.3. The zero-order valence-corrected chi connectivity index (χ0v) is 16.3. The van der Waals surface area contributed by atoms with Gasteiger partial charge in [0, 0.05) is 21.3 Å². The van der Waals surface area contributed by atoms with Gasteiger partial charge in [0.1, 0.15) is 0 Å². The van der Waals surface area contributed by atoms with E-state index < -0.39 is 63.2 Å². The first-order valence-electron chi connectivity index (χ1n) is 7.62. The fourth-order valence-corrected chi connectivity index (χ4v) is 4.99. The summed E-state index contributed by atoms with van der Waals surface area (Å²) in [7, 11) is -2.34. The minimum absolute atomic E-state index is 0.740. The van der Waals surface area contributed by atoms with Gasteiger partial charge in [0.2, 0.25) is 6.17 Å². The lowest BCUT2D eigenvalue weighted by Gasteiger charge is -2.41. The van der Waals surface area contributed by atoms with Crippen molar-refractivity contribution in [3.63, 3.8) is 0 Å². The van der Waals surface area contributed by atoms with E-state index in [-0.39, 0.29) is 0 Å². The molecule has 0 N–H and O–H groups in total. The first-order chi connectivity index (χ1) is 12.9. The molecular weight excluding hydrogens is 460 g/mol. The SMILES string of the molecule is CCC(C(F)C(F)(F)C(F)(F)C(F)(F)C(F)(F)C(F)C(F)F)[Si](OC)(OC)OC. The average Bonchev–Trinajstić information content (AvgIpc) is 2.64. The smallest absolute Gasteiger partial charge is 0.377 e. The molecule has 0 aromatic heterocycles. The predicted molar refractivity (Wildman–Crippen MR) is 76.4 cm³/mol. The number of alkyl halides is 12. The van der Waals surface area contributed by atoms with Gasteiger partial charge in [-0.3, -0.25) is 0 Å². The molecule has 0 bridgehead atoms. The Morgan fingerprint density at radius 2 is 0.966 bits per heavy atom. The van der Waals surface area contributed by atoms with Crippen molar-refractivity contribution in [2.75, 3.05) is 21.3 Å². The maximum atomic E-state index is 14.4. The van der Waals surface area contributed by atoms with E-state index in [1.807, 2.05) is 0 Å². The summed E-state index contributed by atoms with van der Waals surface area (Å²) in [6.45, 7) is 0.922. The van der Waals surface area contributed by atoms with Crippen molar-refractivity contribution in [3.8, 4) is 0 Å². The van der Waals surface area contributed by atoms with Crippen molar-refractivity contribution in [1.82, 2.24) is 0 Å². The largest absolute Gasteiger partial charge is 0.506 e. The Kier molecular flexibility index (Phi) is 8.94. The maximum absolute atomic E-state index is 14.4. The molecule has 0 amide bonds. The molecule has 29 heavy (non-hydrogen) atoms. The third-order valence-electron chi connectivity index (χ3n) is 4.25. The highest BCUT2D eigenvalue weighted by atomic mass is 28.4. The van der Waals surface area contributed by atoms with Gasteiger partial charge in [-0.1, -0.05) is 6.92 Å². The van der Waals surface area contributed by atoms with E-state index in [9.17, 15) is 52.7 Å². The minimum atomic E-state index is -7.40. The van der Waals surface area contributed by atoms with Crippen LogP contribution in [0.1, 0.15) is 13.3 Å². The van der Waals surface area contributed by atoms with Crippen molar-refractivity contribution in [2.24, 2.45) is 0 Å². The zero-order chi connectivity index (χ0) is 23.6. The fraction of sp³-hybridized carbons (Fsp3) is 1.00. The Balaban J connectivity index is 6.37. The zero-order valence-electron chi connectivity index (χ0n) is 15.3. The second kappa shape index (κ2) is 9.17. The molecule has 0 spiro atoms. The van der Waals surface area contributed by atoms with Crippen LogP contribution in [0.5, 0.6) is 0 Å². The van der Waals surface area contributed by atoms with E-state index in [1.165, 1.54) is 0 Å². The molecule has 0 fully saturated rings. The van der Waals surface area contributed by atoms with Crippen LogP contribution >= 0.6 is 0 Å². The van der Waals surface area contributed by atoms with Crippen LogP contribution in [0.15, 0.2) is 0 Å². The molecule has 0 saturated heterocycles. The quantitative estimate of drug-likeness (QED) is 0.288. The van der Waals surface area contributed by atoms with E-state index in [0.29, 0.717) is 0 Å². The van der Waals surface area contributed by atoms with Crippen LogP contribution in [0.3, 0.4) is 0 Å². The monoisotopic (exact) mass is 478 g/mol. The molecule has 0 aliphatic heterocycles. The summed E-state index contributed by atoms with van der Waals surface area (Å²) >= 11 is 0. The standard InChI is InChI=1S/C13H18F12O3Si/c1-5-6(29(26-2,27-3)28-4)7(14)10(18,19)12(22,23)13(24,25)11(20,21)8(15)9(16)17/h6-9H,5H2,1-4H3. The Morgan fingerprint density at radius 1 is 0.655 bits per heavy atom. The van der Waals surface area contributed by atoms with Crippen LogP contribution in [0, 0.1) is 0 Å². The van der Waals surface area contributed by atoms with Gasteiger partial charge in [0.05, 0.1) is 5.54 Å². The van der Waals surface area contributed by atoms with Crippen molar-refractivity contribution in [1.29, 1.82) is 0 Å². The van der Waals surface area contributed by atoms with Crippen molar-refractivity contribution >= 4 is 8.80 Å². The minimum Gasteiger partial charge on any atom is -0.377 e. The molecule has 176 valence electrons. The van der Waals surface area contributed by atoms with Gasteiger partial charge in [-0.2, -0.15) is 35.1 Å². The van der Waals surface area contributed by atoms with Crippen molar-refractivity contribution in [2.45, 2.75) is 61.3 Å². The summed E-state index contributed by atoms with van der Waals surface area (Å²) in [4.78, 5) is 0. The van der Waals surface area contributed by atoms with Gasteiger partial charge < -0.3 is 13.3 Å². The number of rotatable bonds is 12. The lowest BCUT2D eigenvalue weighted by molar-refractivity contribution is -0.388. The number of halogens is 12. The molecule has 0 rings (SSSR count). The molecular formula is C13H18F12O3Si. The molecule has 0 aliphatic rings. The Hall–Kier alpha value is -0.743. The van der Waals surface area contributed by atoms with Crippen molar-refractivity contribution in [3.05, 3.63) is 0 Å². The molecule has 0 saturated carbocycles. The van der Waals surface area contributed by atoms with Crippen LogP contribution in [-0.4, -0.2) is 72.6 Å². The summed E-state index contributed by atoms with van der Waals surface area (Å²) < 4.78 is 174. The normalized spacial score (nSPS) is 18.1. The topological polar surface area (TPSA) is 27.7 Å². The van der Waals surface area contributed by atoms with Gasteiger partial charge in [-0.15, -0.1) is 0 Å². The molecule has 3 nitrogen and oxygen atoms in total.